The molecule has 0 aliphatic carbocycles. The molecule has 0 bridgehead atoms. The Morgan fingerprint density at radius 3 is 2.58 bits per heavy atom. The van der Waals surface area contributed by atoms with Crippen molar-refractivity contribution in [3.63, 3.8) is 0 Å². The van der Waals surface area contributed by atoms with Crippen LogP contribution in [-0.4, -0.2) is 28.3 Å². The summed E-state index contributed by atoms with van der Waals surface area (Å²) in [7, 11) is -0.575. The lowest BCUT2D eigenvalue weighted by molar-refractivity contribution is 0.525. The first kappa shape index (κ1) is 12.1. The molecule has 74 valence electrons. The first-order chi connectivity index (χ1) is 5.70. The fraction of sp³-hybridized carbons (Fsp3) is 1.00. The van der Waals surface area contributed by atoms with Crippen LogP contribution in [0.3, 0.4) is 0 Å². The summed E-state index contributed by atoms with van der Waals surface area (Å²) in [5, 5.41) is 3.34. The molecule has 0 aromatic heterocycles. The molecular weight excluding hydrogens is 170 g/mol. The van der Waals surface area contributed by atoms with Crippen LogP contribution < -0.4 is 5.32 Å². The van der Waals surface area contributed by atoms with E-state index in [0.29, 0.717) is 6.04 Å². The quantitative estimate of drug-likeness (QED) is 0.661. The summed E-state index contributed by atoms with van der Waals surface area (Å²) in [4.78, 5) is 0. The van der Waals surface area contributed by atoms with E-state index in [9.17, 15) is 4.21 Å². The van der Waals surface area contributed by atoms with Crippen molar-refractivity contribution < 1.29 is 4.21 Å². The maximum Gasteiger partial charge on any atom is 0.0235 e. The lowest BCUT2D eigenvalue weighted by Gasteiger charge is -2.10. The van der Waals surface area contributed by atoms with E-state index in [-0.39, 0.29) is 0 Å². The lowest BCUT2D eigenvalue weighted by atomic mass is 10.2. The molecule has 0 radical (unpaired) electrons. The van der Waals surface area contributed by atoms with Gasteiger partial charge in [-0.2, -0.15) is 0 Å². The highest BCUT2D eigenvalue weighted by atomic mass is 32.2. The van der Waals surface area contributed by atoms with Crippen LogP contribution in [0.4, 0.5) is 0 Å². The van der Waals surface area contributed by atoms with Crippen molar-refractivity contribution in [1.82, 2.24) is 5.32 Å². The summed E-state index contributed by atoms with van der Waals surface area (Å²) in [6.45, 7) is 7.29. The molecule has 0 aliphatic heterocycles. The Kier molecular flexibility index (Phi) is 7.81. The van der Waals surface area contributed by atoms with Gasteiger partial charge >= 0.3 is 0 Å². The van der Waals surface area contributed by atoms with Gasteiger partial charge in [0.2, 0.25) is 0 Å². The largest absolute Gasteiger partial charge is 0.315 e. The minimum absolute atomic E-state index is 0.573. The highest BCUT2D eigenvalue weighted by Crippen LogP contribution is 1.98. The van der Waals surface area contributed by atoms with Crippen LogP contribution in [0.15, 0.2) is 0 Å². The zero-order valence-corrected chi connectivity index (χ0v) is 9.25. The van der Waals surface area contributed by atoms with Crippen LogP contribution in [-0.2, 0) is 10.8 Å². The van der Waals surface area contributed by atoms with Crippen LogP contribution in [0.5, 0.6) is 0 Å². The van der Waals surface area contributed by atoms with E-state index in [0.717, 1.165) is 30.9 Å². The maximum atomic E-state index is 11.0. The second kappa shape index (κ2) is 7.74. The minimum atomic E-state index is -0.575. The van der Waals surface area contributed by atoms with Crippen LogP contribution in [0.2, 0.25) is 0 Å². The fourth-order valence-electron chi connectivity index (χ4n) is 1.15. The van der Waals surface area contributed by atoms with Crippen molar-refractivity contribution in [3.05, 3.63) is 0 Å². The first-order valence-electron chi connectivity index (χ1n) is 4.79. The normalized spacial score (nSPS) is 15.9. The van der Waals surface area contributed by atoms with E-state index in [1.165, 1.54) is 0 Å². The van der Waals surface area contributed by atoms with Gasteiger partial charge in [-0.25, -0.2) is 0 Å². The molecule has 0 aromatic rings. The van der Waals surface area contributed by atoms with Crippen molar-refractivity contribution in [1.29, 1.82) is 0 Å². The second-order valence-corrected chi connectivity index (χ2v) is 4.90. The summed E-state index contributed by atoms with van der Waals surface area (Å²) in [5.41, 5.74) is 0. The molecule has 0 saturated heterocycles. The fourth-order valence-corrected chi connectivity index (χ4v) is 1.92. The summed E-state index contributed by atoms with van der Waals surface area (Å²) in [6, 6.07) is 0.573. The maximum absolute atomic E-state index is 11.0. The van der Waals surface area contributed by atoms with Crippen molar-refractivity contribution in [2.24, 2.45) is 0 Å². The third-order valence-corrected chi connectivity index (χ3v) is 3.27. The van der Waals surface area contributed by atoms with Gasteiger partial charge in [0, 0.05) is 28.3 Å². The van der Waals surface area contributed by atoms with E-state index >= 15 is 0 Å². The highest BCUT2D eigenvalue weighted by molar-refractivity contribution is 7.84. The summed E-state index contributed by atoms with van der Waals surface area (Å²) < 4.78 is 11.0. The molecule has 3 heteroatoms. The van der Waals surface area contributed by atoms with E-state index in [2.05, 4.69) is 19.2 Å². The molecule has 2 unspecified atom stereocenters. The van der Waals surface area contributed by atoms with Gasteiger partial charge in [0.1, 0.15) is 0 Å². The summed E-state index contributed by atoms with van der Waals surface area (Å²) >= 11 is 0. The smallest absolute Gasteiger partial charge is 0.0235 e. The highest BCUT2D eigenvalue weighted by Gasteiger charge is 2.00. The lowest BCUT2D eigenvalue weighted by Crippen LogP contribution is -2.25. The molecule has 0 rings (SSSR count). The molecule has 0 saturated carbocycles. The van der Waals surface area contributed by atoms with Gasteiger partial charge in [-0.1, -0.05) is 13.8 Å². The van der Waals surface area contributed by atoms with Gasteiger partial charge in [0.25, 0.3) is 0 Å². The first-order valence-corrected chi connectivity index (χ1v) is 6.27. The zero-order chi connectivity index (χ0) is 9.40. The Morgan fingerprint density at radius 2 is 2.08 bits per heavy atom. The predicted molar refractivity (Wildman–Crippen MR) is 55.9 cm³/mol. The molecule has 2 nitrogen and oxygen atoms in total. The van der Waals surface area contributed by atoms with Crippen molar-refractivity contribution >= 4 is 10.8 Å². The Balaban J connectivity index is 3.24. The molecule has 12 heavy (non-hydrogen) atoms. The monoisotopic (exact) mass is 191 g/mol. The predicted octanol–water partition coefficient (Wildman–Crippen LogP) is 1.53. The standard InChI is InChI=1S/C9H21NOS/c1-4-10-9(3)7-6-8-12(11)5-2/h9-10H,4-8H2,1-3H3. The third-order valence-electron chi connectivity index (χ3n) is 1.88. The van der Waals surface area contributed by atoms with Gasteiger partial charge in [0.05, 0.1) is 0 Å². The van der Waals surface area contributed by atoms with Crippen molar-refractivity contribution in [2.75, 3.05) is 18.1 Å². The topological polar surface area (TPSA) is 29.1 Å². The Hall–Kier alpha value is 0.110. The molecule has 0 fully saturated rings. The number of hydrogen-bond donors (Lipinski definition) is 1. The molecular formula is C9H21NOS. The SMILES string of the molecule is CCNC(C)CCCS(=O)CC. The zero-order valence-electron chi connectivity index (χ0n) is 8.43. The Morgan fingerprint density at radius 1 is 1.42 bits per heavy atom. The van der Waals surface area contributed by atoms with Crippen molar-refractivity contribution in [3.8, 4) is 0 Å². The molecule has 0 heterocycles. The Bertz CT molecular complexity index is 128. The van der Waals surface area contributed by atoms with Crippen LogP contribution in [0.25, 0.3) is 0 Å². The molecule has 1 N–H and O–H groups in total. The van der Waals surface area contributed by atoms with E-state index in [1.54, 1.807) is 0 Å². The van der Waals surface area contributed by atoms with Gasteiger partial charge in [-0.05, 0) is 26.3 Å². The molecule has 2 atom stereocenters. The molecule has 0 aromatic carbocycles. The van der Waals surface area contributed by atoms with Gasteiger partial charge < -0.3 is 5.32 Å². The molecule has 0 amide bonds. The Labute approximate surface area is 78.6 Å². The molecule has 0 aliphatic rings. The molecule has 0 spiro atoms. The third kappa shape index (κ3) is 6.80. The second-order valence-electron chi connectivity index (χ2n) is 3.03. The number of nitrogens with one attached hydrogen (secondary N) is 1. The summed E-state index contributed by atoms with van der Waals surface area (Å²) in [5.74, 6) is 1.67. The van der Waals surface area contributed by atoms with E-state index in [4.69, 9.17) is 0 Å². The minimum Gasteiger partial charge on any atom is -0.315 e. The average Bonchev–Trinajstić information content (AvgIpc) is 2.04. The summed E-state index contributed by atoms with van der Waals surface area (Å²) in [6.07, 6.45) is 2.22. The van der Waals surface area contributed by atoms with E-state index < -0.39 is 10.8 Å². The van der Waals surface area contributed by atoms with E-state index in [1.807, 2.05) is 6.92 Å². The van der Waals surface area contributed by atoms with Crippen molar-refractivity contribution in [2.45, 2.75) is 39.7 Å². The van der Waals surface area contributed by atoms with Gasteiger partial charge in [-0.15, -0.1) is 0 Å². The van der Waals surface area contributed by atoms with Crippen LogP contribution >= 0.6 is 0 Å². The van der Waals surface area contributed by atoms with Crippen LogP contribution in [0, 0.1) is 0 Å². The number of hydrogen-bond acceptors (Lipinski definition) is 2. The van der Waals surface area contributed by atoms with Crippen LogP contribution in [0.1, 0.15) is 33.6 Å². The number of rotatable bonds is 7. The average molecular weight is 191 g/mol. The van der Waals surface area contributed by atoms with Gasteiger partial charge in [0.15, 0.2) is 0 Å². The van der Waals surface area contributed by atoms with Gasteiger partial charge in [-0.3, -0.25) is 4.21 Å².